The fraction of sp³-hybridized carbons (Fsp3) is 0.273. The number of carbonyl (C=O) groups excluding carboxylic acids is 1. The van der Waals surface area contributed by atoms with E-state index in [1.165, 1.54) is 10.5 Å². The zero-order chi connectivity index (χ0) is 19.4. The molecule has 0 saturated carbocycles. The lowest BCUT2D eigenvalue weighted by atomic mass is 10.1. The van der Waals surface area contributed by atoms with E-state index in [1.54, 1.807) is 0 Å². The van der Waals surface area contributed by atoms with E-state index in [-0.39, 0.29) is 5.91 Å². The van der Waals surface area contributed by atoms with Crippen LogP contribution in [0.3, 0.4) is 0 Å². The number of amides is 1. The van der Waals surface area contributed by atoms with E-state index in [0.29, 0.717) is 12.1 Å². The first-order valence-corrected chi connectivity index (χ1v) is 9.23. The molecule has 0 bridgehead atoms. The first-order chi connectivity index (χ1) is 13.0. The van der Waals surface area contributed by atoms with Gasteiger partial charge in [0.25, 0.3) is 5.91 Å². The van der Waals surface area contributed by atoms with Gasteiger partial charge < -0.3 is 10.2 Å². The van der Waals surface area contributed by atoms with Crippen molar-refractivity contribution in [1.29, 1.82) is 0 Å². The van der Waals surface area contributed by atoms with E-state index in [9.17, 15) is 4.79 Å². The Morgan fingerprint density at radius 3 is 2.30 bits per heavy atom. The number of nitrogens with one attached hydrogen (secondary N) is 2. The lowest BCUT2D eigenvalue weighted by Crippen LogP contribution is -3.04. The lowest BCUT2D eigenvalue weighted by Gasteiger charge is -2.13. The molecule has 0 radical (unpaired) electrons. The third kappa shape index (κ3) is 4.26. The zero-order valence-corrected chi connectivity index (χ0v) is 16.4. The third-order valence-corrected chi connectivity index (χ3v) is 4.62. The SMILES string of the molecule is Cc1nn(-c2ccccc2)c(C)c1C(=O)NCc1ccccc1C[NH+](C)C. The van der Waals surface area contributed by atoms with E-state index in [1.807, 2.05) is 61.0 Å². The number of rotatable bonds is 6. The van der Waals surface area contributed by atoms with Gasteiger partial charge in [0, 0.05) is 12.1 Å². The van der Waals surface area contributed by atoms with Gasteiger partial charge in [0.1, 0.15) is 6.54 Å². The van der Waals surface area contributed by atoms with E-state index in [4.69, 9.17) is 0 Å². The predicted octanol–water partition coefficient (Wildman–Crippen LogP) is 2.06. The van der Waals surface area contributed by atoms with Gasteiger partial charge in [0.2, 0.25) is 0 Å². The summed E-state index contributed by atoms with van der Waals surface area (Å²) in [6.07, 6.45) is 0. The van der Waals surface area contributed by atoms with Crippen molar-refractivity contribution in [2.24, 2.45) is 0 Å². The molecule has 0 saturated heterocycles. The molecule has 3 rings (SSSR count). The number of carbonyl (C=O) groups is 1. The van der Waals surface area contributed by atoms with Crippen molar-refractivity contribution in [1.82, 2.24) is 15.1 Å². The van der Waals surface area contributed by atoms with Gasteiger partial charge in [0.15, 0.2) is 0 Å². The number of quaternary nitrogens is 1. The highest BCUT2D eigenvalue weighted by molar-refractivity contribution is 5.96. The molecule has 2 aromatic carbocycles. The molecular formula is C22H27N4O+. The second-order valence-electron chi connectivity index (χ2n) is 7.13. The number of benzene rings is 2. The summed E-state index contributed by atoms with van der Waals surface area (Å²) in [5.74, 6) is -0.0841. The van der Waals surface area contributed by atoms with Crippen LogP contribution in [0.5, 0.6) is 0 Å². The average molecular weight is 363 g/mol. The number of para-hydroxylation sites is 1. The maximum Gasteiger partial charge on any atom is 0.255 e. The minimum atomic E-state index is -0.0841. The molecular weight excluding hydrogens is 336 g/mol. The summed E-state index contributed by atoms with van der Waals surface area (Å²) in [4.78, 5) is 14.2. The molecule has 0 fully saturated rings. The molecule has 2 N–H and O–H groups in total. The van der Waals surface area contributed by atoms with Crippen LogP contribution in [0, 0.1) is 13.8 Å². The lowest BCUT2D eigenvalue weighted by molar-refractivity contribution is -0.872. The second-order valence-corrected chi connectivity index (χ2v) is 7.13. The van der Waals surface area contributed by atoms with E-state index in [0.717, 1.165) is 29.2 Å². The number of nitrogens with zero attached hydrogens (tertiary/aromatic N) is 2. The number of aryl methyl sites for hydroxylation is 1. The number of hydrogen-bond donors (Lipinski definition) is 2. The van der Waals surface area contributed by atoms with Crippen LogP contribution in [-0.4, -0.2) is 29.8 Å². The van der Waals surface area contributed by atoms with Gasteiger partial charge in [-0.05, 0) is 31.5 Å². The first-order valence-electron chi connectivity index (χ1n) is 9.23. The fourth-order valence-corrected chi connectivity index (χ4v) is 3.34. The highest BCUT2D eigenvalue weighted by Gasteiger charge is 2.19. The van der Waals surface area contributed by atoms with E-state index >= 15 is 0 Å². The molecule has 5 nitrogen and oxygen atoms in total. The van der Waals surface area contributed by atoms with Crippen LogP contribution in [0.1, 0.15) is 32.9 Å². The fourth-order valence-electron chi connectivity index (χ4n) is 3.34. The van der Waals surface area contributed by atoms with Crippen LogP contribution in [0.25, 0.3) is 5.69 Å². The summed E-state index contributed by atoms with van der Waals surface area (Å²) in [6.45, 7) is 5.25. The summed E-state index contributed by atoms with van der Waals surface area (Å²) >= 11 is 0. The number of hydrogen-bond acceptors (Lipinski definition) is 2. The van der Waals surface area contributed by atoms with Crippen LogP contribution in [0.2, 0.25) is 0 Å². The molecule has 5 heteroatoms. The van der Waals surface area contributed by atoms with Crippen molar-refractivity contribution in [3.05, 3.63) is 82.7 Å². The Kier molecular flexibility index (Phi) is 5.72. The van der Waals surface area contributed by atoms with Crippen LogP contribution in [-0.2, 0) is 13.1 Å². The molecule has 0 spiro atoms. The topological polar surface area (TPSA) is 51.4 Å². The highest BCUT2D eigenvalue weighted by atomic mass is 16.1. The molecule has 1 amide bonds. The van der Waals surface area contributed by atoms with Gasteiger partial charge in [-0.3, -0.25) is 4.79 Å². The molecule has 1 aromatic heterocycles. The molecule has 0 aliphatic carbocycles. The summed E-state index contributed by atoms with van der Waals surface area (Å²) in [7, 11) is 4.25. The molecule has 3 aromatic rings. The molecule has 27 heavy (non-hydrogen) atoms. The minimum absolute atomic E-state index is 0.0841. The monoisotopic (exact) mass is 363 g/mol. The maximum atomic E-state index is 12.9. The zero-order valence-electron chi connectivity index (χ0n) is 16.4. The Hall–Kier alpha value is -2.92. The summed E-state index contributed by atoms with van der Waals surface area (Å²) < 4.78 is 1.83. The standard InChI is InChI=1S/C22H26N4O/c1-16-21(17(2)26(24-16)20-12-6-5-7-13-20)22(27)23-14-18-10-8-9-11-19(18)15-25(3)4/h5-13H,14-15H2,1-4H3,(H,23,27)/p+1. The van der Waals surface area contributed by atoms with Crippen LogP contribution < -0.4 is 10.2 Å². The van der Waals surface area contributed by atoms with E-state index in [2.05, 4.69) is 36.6 Å². The molecule has 140 valence electrons. The molecule has 0 unspecified atom stereocenters. The smallest absolute Gasteiger partial charge is 0.255 e. The summed E-state index contributed by atoms with van der Waals surface area (Å²) in [5.41, 5.74) is 5.59. The van der Waals surface area contributed by atoms with Crippen molar-refractivity contribution < 1.29 is 9.69 Å². The van der Waals surface area contributed by atoms with Gasteiger partial charge in [-0.25, -0.2) is 4.68 Å². The Morgan fingerprint density at radius 1 is 1.00 bits per heavy atom. The highest BCUT2D eigenvalue weighted by Crippen LogP contribution is 2.18. The molecule has 1 heterocycles. The quantitative estimate of drug-likeness (QED) is 0.704. The Bertz CT molecular complexity index is 929. The summed E-state index contributed by atoms with van der Waals surface area (Å²) in [6, 6.07) is 18.1. The van der Waals surface area contributed by atoms with Crippen molar-refractivity contribution in [2.75, 3.05) is 14.1 Å². The van der Waals surface area contributed by atoms with Crippen molar-refractivity contribution in [3.8, 4) is 5.69 Å². The molecule has 0 atom stereocenters. The Labute approximate surface area is 160 Å². The largest absolute Gasteiger partial charge is 0.348 e. The van der Waals surface area contributed by atoms with Gasteiger partial charge in [-0.15, -0.1) is 0 Å². The second kappa shape index (κ2) is 8.18. The van der Waals surface area contributed by atoms with Gasteiger partial charge in [-0.2, -0.15) is 5.10 Å². The third-order valence-electron chi connectivity index (χ3n) is 4.62. The van der Waals surface area contributed by atoms with E-state index < -0.39 is 0 Å². The first kappa shape index (κ1) is 18.9. The normalized spacial score (nSPS) is 11.0. The summed E-state index contributed by atoms with van der Waals surface area (Å²) in [5, 5.41) is 7.64. The molecule has 0 aliphatic rings. The average Bonchev–Trinajstić information content (AvgIpc) is 2.95. The van der Waals surface area contributed by atoms with Crippen molar-refractivity contribution in [3.63, 3.8) is 0 Å². The van der Waals surface area contributed by atoms with Crippen LogP contribution in [0.15, 0.2) is 54.6 Å². The predicted molar refractivity (Wildman–Crippen MR) is 107 cm³/mol. The van der Waals surface area contributed by atoms with Gasteiger partial charge >= 0.3 is 0 Å². The molecule has 0 aliphatic heterocycles. The van der Waals surface area contributed by atoms with Crippen molar-refractivity contribution >= 4 is 5.91 Å². The number of aromatic nitrogens is 2. The Balaban J connectivity index is 1.79. The van der Waals surface area contributed by atoms with Gasteiger partial charge in [0.05, 0.1) is 36.7 Å². The van der Waals surface area contributed by atoms with Gasteiger partial charge in [-0.1, -0.05) is 42.5 Å². The van der Waals surface area contributed by atoms with Crippen molar-refractivity contribution in [2.45, 2.75) is 26.9 Å². The Morgan fingerprint density at radius 2 is 1.63 bits per heavy atom. The minimum Gasteiger partial charge on any atom is -0.348 e. The van der Waals surface area contributed by atoms with Crippen LogP contribution in [0.4, 0.5) is 0 Å². The maximum absolute atomic E-state index is 12.9. The van der Waals surface area contributed by atoms with Crippen LogP contribution >= 0.6 is 0 Å².